The number of urea groups is 1. The van der Waals surface area contributed by atoms with Gasteiger partial charge in [0, 0.05) is 32.7 Å². The lowest BCUT2D eigenvalue weighted by Gasteiger charge is -2.45. The van der Waals surface area contributed by atoms with Crippen LogP contribution in [-0.2, 0) is 20.9 Å². The molecule has 4 amide bonds. The molecule has 10 heteroatoms. The minimum atomic E-state index is -0.696. The molecule has 1 N–H and O–H groups in total. The van der Waals surface area contributed by atoms with Crippen molar-refractivity contribution in [2.45, 2.75) is 63.6 Å². The fourth-order valence-electron chi connectivity index (χ4n) is 6.16. The number of hydrogen-bond donors (Lipinski definition) is 1. The highest BCUT2D eigenvalue weighted by Crippen LogP contribution is 2.33. The number of methoxy groups -OCH3 is 1. The summed E-state index contributed by atoms with van der Waals surface area (Å²) in [5.41, 5.74) is 0.777. The van der Waals surface area contributed by atoms with Gasteiger partial charge in [-0.2, -0.15) is 0 Å². The van der Waals surface area contributed by atoms with Crippen LogP contribution < -0.4 is 14.8 Å². The minimum absolute atomic E-state index is 0.0150. The fraction of sp³-hybridized carbons (Fsp3) is 0.667. The molecule has 5 rings (SSSR count). The molecule has 202 valence electrons. The molecule has 4 aliphatic rings. The summed E-state index contributed by atoms with van der Waals surface area (Å²) in [6.07, 6.45) is 6.54. The van der Waals surface area contributed by atoms with Crippen LogP contribution in [0.5, 0.6) is 11.5 Å². The smallest absolute Gasteiger partial charge is 0.325 e. The number of carbonyl (C=O) groups is 3. The van der Waals surface area contributed by atoms with Crippen molar-refractivity contribution < 1.29 is 28.6 Å². The standard InChI is InChI=1S/C27H38N4O6/c1-35-14-13-30(17-20-5-4-12-29-11-3-2-6-22(20)29)25(32)10-8-21-26(33)31(27(34)28-21)16-19-7-9-23-24(15-19)37-18-36-23/h7,9,15,20-22H,2-6,8,10-14,16-18H2,1H3,(H,28,34)/t20-,21+,22+/m0/s1. The molecule has 0 unspecified atom stereocenters. The first-order chi connectivity index (χ1) is 18.0. The molecular formula is C27H38N4O6. The predicted octanol–water partition coefficient (Wildman–Crippen LogP) is 2.36. The maximum Gasteiger partial charge on any atom is 0.325 e. The average Bonchev–Trinajstić information content (AvgIpc) is 3.49. The number of nitrogens with one attached hydrogen (secondary N) is 1. The summed E-state index contributed by atoms with van der Waals surface area (Å²) in [5, 5.41) is 2.76. The van der Waals surface area contributed by atoms with E-state index in [2.05, 4.69) is 10.2 Å². The molecule has 1 aromatic carbocycles. The SMILES string of the molecule is COCCN(C[C@@H]1CCCN2CCCC[C@H]12)C(=O)CC[C@H]1NC(=O)N(Cc2ccc3c(c2)OCO3)C1=O. The lowest BCUT2D eigenvalue weighted by molar-refractivity contribution is -0.134. The molecule has 10 nitrogen and oxygen atoms in total. The van der Waals surface area contributed by atoms with Crippen molar-refractivity contribution in [3.05, 3.63) is 23.8 Å². The Morgan fingerprint density at radius 3 is 2.84 bits per heavy atom. The summed E-state index contributed by atoms with van der Waals surface area (Å²) in [5.74, 6) is 1.45. The molecule has 4 heterocycles. The second-order valence-electron chi connectivity index (χ2n) is 10.5. The molecule has 3 saturated heterocycles. The van der Waals surface area contributed by atoms with Crippen LogP contribution in [-0.4, -0.2) is 91.3 Å². The second kappa shape index (κ2) is 11.7. The van der Waals surface area contributed by atoms with Crippen LogP contribution in [0.2, 0.25) is 0 Å². The highest BCUT2D eigenvalue weighted by molar-refractivity contribution is 6.04. The molecular weight excluding hydrogens is 476 g/mol. The number of rotatable bonds is 10. The van der Waals surface area contributed by atoms with Gasteiger partial charge in [-0.05, 0) is 68.8 Å². The van der Waals surface area contributed by atoms with Gasteiger partial charge < -0.3 is 29.3 Å². The molecule has 4 aliphatic heterocycles. The van der Waals surface area contributed by atoms with Gasteiger partial charge in [-0.3, -0.25) is 14.5 Å². The van der Waals surface area contributed by atoms with E-state index in [0.29, 0.717) is 36.6 Å². The van der Waals surface area contributed by atoms with E-state index in [-0.39, 0.29) is 38.0 Å². The molecule has 3 fully saturated rings. The molecule has 1 aromatic rings. The predicted molar refractivity (Wildman–Crippen MR) is 135 cm³/mol. The van der Waals surface area contributed by atoms with Gasteiger partial charge in [-0.1, -0.05) is 12.5 Å². The Labute approximate surface area is 218 Å². The summed E-state index contributed by atoms with van der Waals surface area (Å²) in [4.78, 5) is 44.6. The largest absolute Gasteiger partial charge is 0.454 e. The van der Waals surface area contributed by atoms with Crippen molar-refractivity contribution in [2.24, 2.45) is 5.92 Å². The van der Waals surface area contributed by atoms with Gasteiger partial charge >= 0.3 is 6.03 Å². The fourth-order valence-corrected chi connectivity index (χ4v) is 6.16. The quantitative estimate of drug-likeness (QED) is 0.479. The normalized spacial score (nSPS) is 25.2. The molecule has 0 aromatic heterocycles. The van der Waals surface area contributed by atoms with Crippen LogP contribution in [0.1, 0.15) is 50.5 Å². The van der Waals surface area contributed by atoms with Gasteiger partial charge in [0.1, 0.15) is 6.04 Å². The molecule has 0 bridgehead atoms. The summed E-state index contributed by atoms with van der Waals surface area (Å²) in [7, 11) is 1.65. The van der Waals surface area contributed by atoms with Gasteiger partial charge in [0.15, 0.2) is 11.5 Å². The molecule has 37 heavy (non-hydrogen) atoms. The number of benzene rings is 1. The van der Waals surface area contributed by atoms with Gasteiger partial charge in [-0.15, -0.1) is 0 Å². The van der Waals surface area contributed by atoms with Gasteiger partial charge in [0.25, 0.3) is 5.91 Å². The first-order valence-electron chi connectivity index (χ1n) is 13.5. The third-order valence-electron chi connectivity index (χ3n) is 8.13. The molecule has 0 aliphatic carbocycles. The monoisotopic (exact) mass is 514 g/mol. The van der Waals surface area contributed by atoms with E-state index in [9.17, 15) is 14.4 Å². The van der Waals surface area contributed by atoms with Crippen molar-refractivity contribution in [1.29, 1.82) is 0 Å². The second-order valence-corrected chi connectivity index (χ2v) is 10.5. The zero-order chi connectivity index (χ0) is 25.8. The van der Waals surface area contributed by atoms with Crippen LogP contribution in [0.15, 0.2) is 18.2 Å². The first kappa shape index (κ1) is 25.8. The Hall–Kier alpha value is -2.85. The molecule has 0 saturated carbocycles. The van der Waals surface area contributed by atoms with Crippen molar-refractivity contribution >= 4 is 17.8 Å². The third-order valence-corrected chi connectivity index (χ3v) is 8.13. The number of fused-ring (bicyclic) bond motifs is 2. The lowest BCUT2D eigenvalue weighted by atomic mass is 9.83. The number of amides is 4. The van der Waals surface area contributed by atoms with Crippen molar-refractivity contribution in [2.75, 3.05) is 46.7 Å². The Kier molecular flexibility index (Phi) is 8.14. The summed E-state index contributed by atoms with van der Waals surface area (Å²) >= 11 is 0. The number of hydrogen-bond acceptors (Lipinski definition) is 7. The van der Waals surface area contributed by atoms with Gasteiger partial charge in [0.2, 0.25) is 12.7 Å². The maximum atomic E-state index is 13.3. The number of nitrogens with zero attached hydrogens (tertiary/aromatic N) is 3. The number of carbonyl (C=O) groups excluding carboxylic acids is 3. The van der Waals surface area contributed by atoms with E-state index in [4.69, 9.17) is 14.2 Å². The first-order valence-corrected chi connectivity index (χ1v) is 13.5. The van der Waals surface area contributed by atoms with Crippen LogP contribution in [0.25, 0.3) is 0 Å². The van der Waals surface area contributed by atoms with Crippen LogP contribution >= 0.6 is 0 Å². The van der Waals surface area contributed by atoms with Crippen LogP contribution in [0, 0.1) is 5.92 Å². The van der Waals surface area contributed by atoms with E-state index >= 15 is 0 Å². The summed E-state index contributed by atoms with van der Waals surface area (Å²) < 4.78 is 16.0. The molecule has 0 radical (unpaired) electrons. The number of imide groups is 1. The minimum Gasteiger partial charge on any atom is -0.454 e. The highest BCUT2D eigenvalue weighted by atomic mass is 16.7. The third kappa shape index (κ3) is 5.85. The van der Waals surface area contributed by atoms with Crippen LogP contribution in [0.4, 0.5) is 4.79 Å². The Morgan fingerprint density at radius 2 is 1.97 bits per heavy atom. The van der Waals surface area contributed by atoms with E-state index in [1.54, 1.807) is 19.2 Å². The van der Waals surface area contributed by atoms with Crippen LogP contribution in [0.3, 0.4) is 0 Å². The van der Waals surface area contributed by atoms with Crippen molar-refractivity contribution in [1.82, 2.24) is 20.0 Å². The van der Waals surface area contributed by atoms with E-state index in [1.165, 1.54) is 43.7 Å². The molecule has 0 spiro atoms. The van der Waals surface area contributed by atoms with E-state index in [1.807, 2.05) is 11.0 Å². The molecule has 3 atom stereocenters. The van der Waals surface area contributed by atoms with E-state index in [0.717, 1.165) is 18.5 Å². The van der Waals surface area contributed by atoms with Gasteiger partial charge in [0.05, 0.1) is 13.2 Å². The Morgan fingerprint density at radius 1 is 1.14 bits per heavy atom. The Bertz CT molecular complexity index is 1000. The summed E-state index contributed by atoms with van der Waals surface area (Å²) in [6.45, 7) is 4.39. The maximum absolute atomic E-state index is 13.3. The highest BCUT2D eigenvalue weighted by Gasteiger charge is 2.39. The average molecular weight is 515 g/mol. The topological polar surface area (TPSA) is 101 Å². The lowest BCUT2D eigenvalue weighted by Crippen LogP contribution is -2.52. The number of ether oxygens (including phenoxy) is 3. The van der Waals surface area contributed by atoms with E-state index < -0.39 is 12.1 Å². The summed E-state index contributed by atoms with van der Waals surface area (Å²) in [6, 6.07) is 4.80. The van der Waals surface area contributed by atoms with Gasteiger partial charge in [-0.25, -0.2) is 4.79 Å². The zero-order valence-electron chi connectivity index (χ0n) is 21.7. The zero-order valence-corrected chi connectivity index (χ0v) is 21.7. The van der Waals surface area contributed by atoms with Crippen molar-refractivity contribution in [3.63, 3.8) is 0 Å². The number of piperidine rings is 2. The van der Waals surface area contributed by atoms with Crippen molar-refractivity contribution in [3.8, 4) is 11.5 Å². The Balaban J connectivity index is 1.16.